The van der Waals surface area contributed by atoms with Crippen LogP contribution in [0.25, 0.3) is 10.2 Å². The predicted octanol–water partition coefficient (Wildman–Crippen LogP) is 5.73. The first-order valence-corrected chi connectivity index (χ1v) is 11.3. The molecule has 1 aromatic heterocycles. The lowest BCUT2D eigenvalue weighted by Crippen LogP contribution is -2.15. The van der Waals surface area contributed by atoms with Gasteiger partial charge in [0.1, 0.15) is 5.75 Å². The molecule has 6 nitrogen and oxygen atoms in total. The molecule has 1 amide bonds. The minimum Gasteiger partial charge on any atom is -0.494 e. The number of rotatable bonds is 12. The summed E-state index contributed by atoms with van der Waals surface area (Å²) in [6, 6.07) is 5.63. The van der Waals surface area contributed by atoms with Crippen LogP contribution in [0.1, 0.15) is 59.8 Å². The topological polar surface area (TPSA) is 77.5 Å². The van der Waals surface area contributed by atoms with Crippen molar-refractivity contribution in [1.82, 2.24) is 4.98 Å². The van der Waals surface area contributed by atoms with Gasteiger partial charge in [-0.25, -0.2) is 4.98 Å². The van der Waals surface area contributed by atoms with Crippen LogP contribution in [0.15, 0.2) is 29.8 Å². The summed E-state index contributed by atoms with van der Waals surface area (Å²) in [7, 11) is 0. The van der Waals surface area contributed by atoms with Gasteiger partial charge in [0.15, 0.2) is 5.13 Å². The Morgan fingerprint density at radius 1 is 1.23 bits per heavy atom. The molecule has 7 heteroatoms. The van der Waals surface area contributed by atoms with E-state index in [1.807, 2.05) is 25.1 Å². The number of carbonyl (C=O) groups is 2. The fraction of sp³-hybridized carbons (Fsp3) is 0.522. The second kappa shape index (κ2) is 12.3. The van der Waals surface area contributed by atoms with Gasteiger partial charge >= 0.3 is 5.97 Å². The number of esters is 1. The first-order valence-electron chi connectivity index (χ1n) is 10.5. The number of hydrogen-bond donors (Lipinski definition) is 1. The van der Waals surface area contributed by atoms with Gasteiger partial charge in [0.25, 0.3) is 0 Å². The molecule has 2 aromatic rings. The summed E-state index contributed by atoms with van der Waals surface area (Å²) in [5.74, 6) is 0.693. The van der Waals surface area contributed by atoms with E-state index in [0.717, 1.165) is 35.2 Å². The predicted molar refractivity (Wildman–Crippen MR) is 122 cm³/mol. The zero-order valence-corrected chi connectivity index (χ0v) is 19.1. The average molecular weight is 433 g/mol. The highest BCUT2D eigenvalue weighted by Crippen LogP contribution is 2.29. The van der Waals surface area contributed by atoms with Crippen LogP contribution in [0.2, 0.25) is 0 Å². The van der Waals surface area contributed by atoms with E-state index in [0.29, 0.717) is 24.3 Å². The van der Waals surface area contributed by atoms with Crippen molar-refractivity contribution >= 4 is 38.6 Å². The zero-order valence-electron chi connectivity index (χ0n) is 18.3. The highest BCUT2D eigenvalue weighted by molar-refractivity contribution is 7.22. The van der Waals surface area contributed by atoms with Gasteiger partial charge in [0.2, 0.25) is 5.91 Å². The number of hydrogen-bond acceptors (Lipinski definition) is 6. The van der Waals surface area contributed by atoms with Crippen LogP contribution in [-0.2, 0) is 14.3 Å². The van der Waals surface area contributed by atoms with Crippen molar-refractivity contribution in [2.24, 2.45) is 5.92 Å². The van der Waals surface area contributed by atoms with E-state index in [1.165, 1.54) is 16.9 Å². The zero-order chi connectivity index (χ0) is 21.9. The molecule has 0 aliphatic heterocycles. The first kappa shape index (κ1) is 23.9. The third kappa shape index (κ3) is 8.53. The molecule has 2 rings (SSSR count). The maximum Gasteiger partial charge on any atom is 0.306 e. The summed E-state index contributed by atoms with van der Waals surface area (Å²) in [5.41, 5.74) is 2.13. The number of ether oxygens (including phenoxy) is 2. The molecule has 0 aliphatic carbocycles. The second-order valence-electron chi connectivity index (χ2n) is 7.60. The molecular formula is C23H32N2O4S. The van der Waals surface area contributed by atoms with Crippen LogP contribution >= 0.6 is 11.3 Å². The molecule has 164 valence electrons. The molecule has 1 heterocycles. The first-order chi connectivity index (χ1) is 14.4. The monoisotopic (exact) mass is 432 g/mol. The molecule has 1 N–H and O–H groups in total. The molecule has 0 unspecified atom stereocenters. The molecule has 0 bridgehead atoms. The van der Waals surface area contributed by atoms with Gasteiger partial charge in [0, 0.05) is 6.42 Å². The molecule has 0 fully saturated rings. The van der Waals surface area contributed by atoms with E-state index in [4.69, 9.17) is 9.47 Å². The fourth-order valence-corrected chi connectivity index (χ4v) is 3.77. The number of anilines is 1. The lowest BCUT2D eigenvalue weighted by Gasteiger charge is -2.10. The van der Waals surface area contributed by atoms with Gasteiger partial charge in [-0.15, -0.1) is 0 Å². The minimum atomic E-state index is -0.340. The number of nitrogens with one attached hydrogen (secondary N) is 1. The molecule has 0 aliphatic rings. The SMILES string of the molecule is CCOc1ccc2nc(NC(=O)CCC(=O)OCC[C@@H](C)CCC=C(C)C)sc2c1. The van der Waals surface area contributed by atoms with Crippen molar-refractivity contribution in [3.8, 4) is 5.75 Å². The largest absolute Gasteiger partial charge is 0.494 e. The van der Waals surface area contributed by atoms with Crippen molar-refractivity contribution in [1.29, 1.82) is 0 Å². The van der Waals surface area contributed by atoms with Crippen molar-refractivity contribution in [2.45, 2.75) is 59.8 Å². The number of nitrogens with zero attached hydrogens (tertiary/aromatic N) is 1. The summed E-state index contributed by atoms with van der Waals surface area (Å²) in [5, 5.41) is 3.28. The van der Waals surface area contributed by atoms with Gasteiger partial charge in [-0.1, -0.05) is 29.9 Å². The summed E-state index contributed by atoms with van der Waals surface area (Å²) >= 11 is 1.38. The smallest absolute Gasteiger partial charge is 0.306 e. The molecule has 30 heavy (non-hydrogen) atoms. The maximum absolute atomic E-state index is 12.1. The number of amides is 1. The highest BCUT2D eigenvalue weighted by atomic mass is 32.1. The van der Waals surface area contributed by atoms with Gasteiger partial charge in [0.05, 0.1) is 29.9 Å². The van der Waals surface area contributed by atoms with Crippen LogP contribution in [0.5, 0.6) is 5.75 Å². The Morgan fingerprint density at radius 2 is 2.03 bits per heavy atom. The molecular weight excluding hydrogens is 400 g/mol. The van der Waals surface area contributed by atoms with Crippen LogP contribution in [-0.4, -0.2) is 30.1 Å². The third-order valence-electron chi connectivity index (χ3n) is 4.56. The second-order valence-corrected chi connectivity index (χ2v) is 8.63. The fourth-order valence-electron chi connectivity index (χ4n) is 2.86. The summed E-state index contributed by atoms with van der Waals surface area (Å²) in [4.78, 5) is 28.4. The summed E-state index contributed by atoms with van der Waals surface area (Å²) in [6.45, 7) is 9.28. The number of aromatic nitrogens is 1. The normalized spacial score (nSPS) is 11.7. The van der Waals surface area contributed by atoms with Gasteiger partial charge in [-0.05, 0) is 64.2 Å². The van der Waals surface area contributed by atoms with E-state index < -0.39 is 0 Å². The van der Waals surface area contributed by atoms with E-state index >= 15 is 0 Å². The van der Waals surface area contributed by atoms with Crippen LogP contribution in [0, 0.1) is 5.92 Å². The van der Waals surface area contributed by atoms with E-state index in [9.17, 15) is 9.59 Å². The standard InChI is InChI=1S/C23H32N2O4S/c1-5-28-18-9-10-19-20(15-18)30-23(24-19)25-21(26)11-12-22(27)29-14-13-17(4)8-6-7-16(2)3/h7,9-10,15,17H,5-6,8,11-14H2,1-4H3,(H,24,25,26)/t17-/m0/s1. The number of allylic oxidation sites excluding steroid dienone is 2. The van der Waals surface area contributed by atoms with Gasteiger partial charge in [-0.2, -0.15) is 0 Å². The number of benzene rings is 1. The average Bonchev–Trinajstić information content (AvgIpc) is 3.07. The minimum absolute atomic E-state index is 0.0668. The molecule has 0 saturated carbocycles. The van der Waals surface area contributed by atoms with Crippen LogP contribution in [0.4, 0.5) is 5.13 Å². The van der Waals surface area contributed by atoms with E-state index in [1.54, 1.807) is 0 Å². The Hall–Kier alpha value is -2.41. The third-order valence-corrected chi connectivity index (χ3v) is 5.49. The Balaban J connectivity index is 1.68. The number of fused-ring (bicyclic) bond motifs is 1. The number of thiazole rings is 1. The lowest BCUT2D eigenvalue weighted by atomic mass is 10.0. The molecule has 0 radical (unpaired) electrons. The van der Waals surface area contributed by atoms with Crippen molar-refractivity contribution < 1.29 is 19.1 Å². The molecule has 0 spiro atoms. The maximum atomic E-state index is 12.1. The summed E-state index contributed by atoms with van der Waals surface area (Å²) < 4.78 is 11.7. The molecule has 1 atom stereocenters. The van der Waals surface area contributed by atoms with Gasteiger partial charge < -0.3 is 14.8 Å². The van der Waals surface area contributed by atoms with E-state index in [-0.39, 0.29) is 24.7 Å². The highest BCUT2D eigenvalue weighted by Gasteiger charge is 2.12. The Labute approximate surface area is 182 Å². The Bertz CT molecular complexity index is 871. The number of carbonyl (C=O) groups excluding carboxylic acids is 2. The van der Waals surface area contributed by atoms with Crippen molar-refractivity contribution in [3.63, 3.8) is 0 Å². The van der Waals surface area contributed by atoms with Crippen molar-refractivity contribution in [2.75, 3.05) is 18.5 Å². The lowest BCUT2D eigenvalue weighted by molar-refractivity contribution is -0.145. The Kier molecular flexibility index (Phi) is 9.80. The Morgan fingerprint density at radius 3 is 2.77 bits per heavy atom. The molecule has 0 saturated heterocycles. The van der Waals surface area contributed by atoms with E-state index in [2.05, 4.69) is 37.1 Å². The van der Waals surface area contributed by atoms with Gasteiger partial charge in [-0.3, -0.25) is 9.59 Å². The summed E-state index contributed by atoms with van der Waals surface area (Å²) in [6.07, 6.45) is 5.34. The van der Waals surface area contributed by atoms with Crippen molar-refractivity contribution in [3.05, 3.63) is 29.8 Å². The quantitative estimate of drug-likeness (QED) is 0.342. The van der Waals surface area contributed by atoms with Crippen LogP contribution in [0.3, 0.4) is 0 Å². The van der Waals surface area contributed by atoms with Crippen LogP contribution < -0.4 is 10.1 Å². The molecule has 1 aromatic carbocycles.